The Kier molecular flexibility index (Phi) is 4.40. The average Bonchev–Trinajstić information content (AvgIpc) is 2.56. The van der Waals surface area contributed by atoms with E-state index in [1.165, 1.54) is 0 Å². The lowest BCUT2D eigenvalue weighted by atomic mass is 10.3. The van der Waals surface area contributed by atoms with E-state index in [0.717, 1.165) is 70.7 Å². The van der Waals surface area contributed by atoms with Gasteiger partial charge in [-0.3, -0.25) is 0 Å². The molecule has 0 aliphatic carbocycles. The number of hydrogen-bond donors (Lipinski definition) is 1. The molecule has 7 heteroatoms. The summed E-state index contributed by atoms with van der Waals surface area (Å²) in [6, 6.07) is 0. The van der Waals surface area contributed by atoms with Crippen LogP contribution < -0.4 is 15.5 Å². The van der Waals surface area contributed by atoms with Crippen LogP contribution in [0.1, 0.15) is 6.92 Å². The van der Waals surface area contributed by atoms with Gasteiger partial charge in [0.2, 0.25) is 0 Å². The van der Waals surface area contributed by atoms with Crippen molar-refractivity contribution in [2.24, 2.45) is 0 Å². The van der Waals surface area contributed by atoms with Crippen LogP contribution in [0.3, 0.4) is 0 Å². The molecule has 3 heterocycles. The lowest BCUT2D eigenvalue weighted by Gasteiger charge is -2.36. The number of nitrogens with two attached hydrogens (primary N) is 1. The van der Waals surface area contributed by atoms with Gasteiger partial charge in [-0.05, 0) is 6.54 Å². The highest BCUT2D eigenvalue weighted by molar-refractivity contribution is 5.75. The number of anilines is 3. The summed E-state index contributed by atoms with van der Waals surface area (Å²) in [7, 11) is 0. The number of nitrogen functional groups attached to an aromatic ring is 1. The van der Waals surface area contributed by atoms with Gasteiger partial charge in [-0.2, -0.15) is 0 Å². The number of aromatic nitrogens is 2. The molecule has 2 N–H and O–H groups in total. The summed E-state index contributed by atoms with van der Waals surface area (Å²) in [4.78, 5) is 15.7. The fourth-order valence-corrected chi connectivity index (χ4v) is 2.93. The highest BCUT2D eigenvalue weighted by Crippen LogP contribution is 2.29. The Labute approximate surface area is 125 Å². The zero-order valence-electron chi connectivity index (χ0n) is 12.7. The molecule has 2 aliphatic heterocycles. The highest BCUT2D eigenvalue weighted by Gasteiger charge is 2.23. The number of ether oxygens (including phenoxy) is 1. The maximum atomic E-state index is 6.35. The van der Waals surface area contributed by atoms with Crippen molar-refractivity contribution in [2.75, 3.05) is 74.6 Å². The summed E-state index contributed by atoms with van der Waals surface area (Å²) in [5.41, 5.74) is 7.05. The Hall–Kier alpha value is -1.60. The molecule has 0 unspecified atom stereocenters. The van der Waals surface area contributed by atoms with Gasteiger partial charge in [0.15, 0.2) is 11.6 Å². The van der Waals surface area contributed by atoms with Crippen molar-refractivity contribution in [3.8, 4) is 0 Å². The van der Waals surface area contributed by atoms with Crippen LogP contribution >= 0.6 is 0 Å². The predicted molar refractivity (Wildman–Crippen MR) is 83.8 cm³/mol. The van der Waals surface area contributed by atoms with Crippen LogP contribution in [0.15, 0.2) is 6.33 Å². The van der Waals surface area contributed by atoms with Gasteiger partial charge >= 0.3 is 0 Å². The second-order valence-corrected chi connectivity index (χ2v) is 5.46. The second-order valence-electron chi connectivity index (χ2n) is 5.46. The van der Waals surface area contributed by atoms with E-state index < -0.39 is 0 Å². The first-order valence-corrected chi connectivity index (χ1v) is 7.70. The highest BCUT2D eigenvalue weighted by atomic mass is 16.5. The maximum Gasteiger partial charge on any atom is 0.157 e. The smallest absolute Gasteiger partial charge is 0.157 e. The standard InChI is InChI=1S/C14H24N6O/c1-2-18-3-5-19(6-4-18)13-12(15)14(17-11-16-13)20-7-9-21-10-8-20/h11H,2-10,15H2,1H3. The van der Waals surface area contributed by atoms with E-state index >= 15 is 0 Å². The van der Waals surface area contributed by atoms with E-state index in [9.17, 15) is 0 Å². The third kappa shape index (κ3) is 3.03. The van der Waals surface area contributed by atoms with Gasteiger partial charge in [0.25, 0.3) is 0 Å². The Morgan fingerprint density at radius 2 is 1.57 bits per heavy atom. The molecule has 2 fully saturated rings. The minimum Gasteiger partial charge on any atom is -0.393 e. The molecule has 1 aromatic heterocycles. The minimum atomic E-state index is 0.698. The van der Waals surface area contributed by atoms with Gasteiger partial charge in [-0.25, -0.2) is 9.97 Å². The number of piperazine rings is 1. The normalized spacial score (nSPS) is 20.8. The number of hydrogen-bond acceptors (Lipinski definition) is 7. The predicted octanol–water partition coefficient (Wildman–Crippen LogP) is 0.0373. The number of morpholine rings is 1. The number of nitrogens with zero attached hydrogens (tertiary/aromatic N) is 5. The van der Waals surface area contributed by atoms with E-state index in [0.29, 0.717) is 5.69 Å². The quantitative estimate of drug-likeness (QED) is 0.843. The van der Waals surface area contributed by atoms with Crippen molar-refractivity contribution < 1.29 is 4.74 Å². The van der Waals surface area contributed by atoms with E-state index in [2.05, 4.69) is 31.6 Å². The monoisotopic (exact) mass is 292 g/mol. The van der Waals surface area contributed by atoms with Crippen LogP contribution in [0.4, 0.5) is 17.3 Å². The minimum absolute atomic E-state index is 0.698. The first kappa shape index (κ1) is 14.3. The second kappa shape index (κ2) is 6.44. The van der Waals surface area contributed by atoms with Crippen LogP contribution in [-0.4, -0.2) is 73.9 Å². The lowest BCUT2D eigenvalue weighted by molar-refractivity contribution is 0.122. The molecule has 7 nitrogen and oxygen atoms in total. The molecule has 0 saturated carbocycles. The summed E-state index contributed by atoms with van der Waals surface area (Å²) < 4.78 is 5.39. The molecule has 2 aliphatic rings. The Bertz CT molecular complexity index is 469. The van der Waals surface area contributed by atoms with E-state index in [-0.39, 0.29) is 0 Å². The zero-order chi connectivity index (χ0) is 14.7. The van der Waals surface area contributed by atoms with Gasteiger partial charge in [-0.15, -0.1) is 0 Å². The fraction of sp³-hybridized carbons (Fsp3) is 0.714. The molecule has 0 amide bonds. The first-order valence-electron chi connectivity index (χ1n) is 7.70. The molecular formula is C14H24N6O. The Morgan fingerprint density at radius 1 is 1.00 bits per heavy atom. The first-order chi connectivity index (χ1) is 10.3. The summed E-state index contributed by atoms with van der Waals surface area (Å²) >= 11 is 0. The van der Waals surface area contributed by atoms with Crippen molar-refractivity contribution in [3.05, 3.63) is 6.33 Å². The van der Waals surface area contributed by atoms with Crippen LogP contribution in [0.2, 0.25) is 0 Å². The van der Waals surface area contributed by atoms with Gasteiger partial charge in [0, 0.05) is 39.3 Å². The van der Waals surface area contributed by atoms with Gasteiger partial charge in [0.1, 0.15) is 12.0 Å². The average molecular weight is 292 g/mol. The van der Waals surface area contributed by atoms with E-state index in [4.69, 9.17) is 10.5 Å². The maximum absolute atomic E-state index is 6.35. The molecule has 116 valence electrons. The molecule has 1 aromatic rings. The Balaban J connectivity index is 1.77. The molecule has 2 saturated heterocycles. The lowest BCUT2D eigenvalue weighted by Crippen LogP contribution is -2.47. The summed E-state index contributed by atoms with van der Waals surface area (Å²) in [5, 5.41) is 0. The molecule has 0 spiro atoms. The topological polar surface area (TPSA) is 70.8 Å². The third-order valence-corrected chi connectivity index (χ3v) is 4.27. The van der Waals surface area contributed by atoms with Gasteiger partial charge in [-0.1, -0.05) is 6.92 Å². The van der Waals surface area contributed by atoms with Crippen molar-refractivity contribution >= 4 is 17.3 Å². The van der Waals surface area contributed by atoms with E-state index in [1.807, 2.05) is 0 Å². The third-order valence-electron chi connectivity index (χ3n) is 4.27. The SMILES string of the molecule is CCN1CCN(c2ncnc(N3CCOCC3)c2N)CC1. The number of likely N-dealkylation sites (N-methyl/N-ethyl adjacent to an activating group) is 1. The van der Waals surface area contributed by atoms with Crippen LogP contribution in [0, 0.1) is 0 Å². The van der Waals surface area contributed by atoms with Crippen LogP contribution in [0.5, 0.6) is 0 Å². The Morgan fingerprint density at radius 3 is 2.14 bits per heavy atom. The van der Waals surface area contributed by atoms with Gasteiger partial charge < -0.3 is 25.2 Å². The van der Waals surface area contributed by atoms with Crippen LogP contribution in [-0.2, 0) is 4.74 Å². The molecule has 3 rings (SSSR count). The fourth-order valence-electron chi connectivity index (χ4n) is 2.93. The molecule has 0 atom stereocenters. The largest absolute Gasteiger partial charge is 0.393 e. The summed E-state index contributed by atoms with van der Waals surface area (Å²) in [6.07, 6.45) is 1.63. The number of rotatable bonds is 3. The molecular weight excluding hydrogens is 268 g/mol. The molecule has 21 heavy (non-hydrogen) atoms. The van der Waals surface area contributed by atoms with Crippen molar-refractivity contribution in [1.82, 2.24) is 14.9 Å². The van der Waals surface area contributed by atoms with Crippen molar-refractivity contribution in [1.29, 1.82) is 0 Å². The molecule has 0 aromatic carbocycles. The van der Waals surface area contributed by atoms with Crippen LogP contribution in [0.25, 0.3) is 0 Å². The van der Waals surface area contributed by atoms with E-state index in [1.54, 1.807) is 6.33 Å². The summed E-state index contributed by atoms with van der Waals surface area (Å²) in [6.45, 7) is 10.5. The van der Waals surface area contributed by atoms with Crippen molar-refractivity contribution in [3.63, 3.8) is 0 Å². The van der Waals surface area contributed by atoms with Gasteiger partial charge in [0.05, 0.1) is 13.2 Å². The zero-order valence-corrected chi connectivity index (χ0v) is 12.7. The van der Waals surface area contributed by atoms with Crippen molar-refractivity contribution in [2.45, 2.75) is 6.92 Å². The molecule has 0 radical (unpaired) electrons. The molecule has 0 bridgehead atoms. The summed E-state index contributed by atoms with van der Waals surface area (Å²) in [5.74, 6) is 1.73.